The van der Waals surface area contributed by atoms with Gasteiger partial charge in [0.25, 0.3) is 5.91 Å². The third-order valence-corrected chi connectivity index (χ3v) is 3.75. The Hall–Kier alpha value is -2.23. The molecule has 1 aromatic carbocycles. The van der Waals surface area contributed by atoms with E-state index >= 15 is 0 Å². The summed E-state index contributed by atoms with van der Waals surface area (Å²) in [5, 5.41) is 0.550. The minimum atomic E-state index is -0.770. The fourth-order valence-corrected chi connectivity index (χ4v) is 1.99. The highest BCUT2D eigenvalue weighted by molar-refractivity contribution is 6.69. The highest BCUT2D eigenvalue weighted by Gasteiger charge is 2.29. The molecule has 0 bridgehead atoms. The highest BCUT2D eigenvalue weighted by atomic mass is 35.5. The van der Waals surface area contributed by atoms with E-state index in [1.807, 2.05) is 0 Å². The Balaban J connectivity index is 2.14. The molecule has 0 aromatic heterocycles. The van der Waals surface area contributed by atoms with Gasteiger partial charge in [0.15, 0.2) is 0 Å². The number of aliphatic imine (C=N–C) groups is 1. The average molecular weight is 360 g/mol. The third-order valence-electron chi connectivity index (χ3n) is 3.43. The molecular weight excluding hydrogens is 344 g/mol. The van der Waals surface area contributed by atoms with Crippen molar-refractivity contribution in [1.82, 2.24) is 5.01 Å². The van der Waals surface area contributed by atoms with Crippen molar-refractivity contribution in [2.75, 3.05) is 13.2 Å². The summed E-state index contributed by atoms with van der Waals surface area (Å²) in [5.41, 5.74) is 10.3. The molecule has 1 fully saturated rings. The number of amides is 1. The first-order chi connectivity index (χ1) is 11.3. The molecule has 1 amide bonds. The number of rotatable bonds is 5. The molecule has 10 heteroatoms. The molecular formula is C14H16ClF2N5O2. The number of halogens is 3. The summed E-state index contributed by atoms with van der Waals surface area (Å²) in [6, 6.07) is 3.11. The van der Waals surface area contributed by atoms with Gasteiger partial charge in [0.1, 0.15) is 22.5 Å². The summed E-state index contributed by atoms with van der Waals surface area (Å²) in [6.45, 7) is 0.190. The minimum absolute atomic E-state index is 0.277. The van der Waals surface area contributed by atoms with E-state index in [0.29, 0.717) is 13.2 Å². The number of carbonyl (C=O) groups is 1. The third kappa shape index (κ3) is 3.81. The summed E-state index contributed by atoms with van der Waals surface area (Å²) in [6.07, 6.45) is 0. The quantitative estimate of drug-likeness (QED) is 0.230. The molecule has 0 aliphatic carbocycles. The molecule has 0 unspecified atom stereocenters. The van der Waals surface area contributed by atoms with Gasteiger partial charge in [-0.1, -0.05) is 17.7 Å². The number of benzene rings is 1. The molecule has 1 aliphatic heterocycles. The van der Waals surface area contributed by atoms with E-state index in [4.69, 9.17) is 33.6 Å². The van der Waals surface area contributed by atoms with Crippen LogP contribution in [-0.2, 0) is 16.1 Å². The van der Waals surface area contributed by atoms with Gasteiger partial charge >= 0.3 is 0 Å². The van der Waals surface area contributed by atoms with Crippen LogP contribution in [0, 0.1) is 11.6 Å². The Morgan fingerprint density at radius 2 is 1.88 bits per heavy atom. The van der Waals surface area contributed by atoms with E-state index in [9.17, 15) is 13.6 Å². The number of carbonyl (C=O) groups excluding carboxylic acids is 1. The Morgan fingerprint density at radius 3 is 2.38 bits per heavy atom. The molecule has 1 aliphatic rings. The monoisotopic (exact) mass is 359 g/mol. The number of nitrogens with two attached hydrogens (primary N) is 3. The van der Waals surface area contributed by atoms with Crippen molar-refractivity contribution >= 4 is 22.7 Å². The molecule has 1 saturated heterocycles. The van der Waals surface area contributed by atoms with Crippen LogP contribution in [0.2, 0.25) is 0 Å². The van der Waals surface area contributed by atoms with Crippen LogP contribution in [0.25, 0.3) is 0 Å². The maximum absolute atomic E-state index is 13.5. The van der Waals surface area contributed by atoms with E-state index in [1.165, 1.54) is 6.07 Å². The Bertz CT molecular complexity index is 686. The normalized spacial score (nSPS) is 16.4. The fourth-order valence-electron chi connectivity index (χ4n) is 1.83. The van der Waals surface area contributed by atoms with Gasteiger partial charge in [0, 0.05) is 5.56 Å². The van der Waals surface area contributed by atoms with Crippen molar-refractivity contribution in [3.63, 3.8) is 0 Å². The van der Waals surface area contributed by atoms with Crippen molar-refractivity contribution in [2.45, 2.75) is 12.6 Å². The van der Waals surface area contributed by atoms with Crippen LogP contribution in [0.4, 0.5) is 8.78 Å². The van der Waals surface area contributed by atoms with Gasteiger partial charge in [-0.3, -0.25) is 14.8 Å². The van der Waals surface area contributed by atoms with E-state index < -0.39 is 29.8 Å². The van der Waals surface area contributed by atoms with Crippen molar-refractivity contribution < 1.29 is 18.3 Å². The smallest absolute Gasteiger partial charge is 0.286 e. The maximum Gasteiger partial charge on any atom is 0.286 e. The van der Waals surface area contributed by atoms with Gasteiger partial charge in [-0.2, -0.15) is 0 Å². The van der Waals surface area contributed by atoms with Crippen molar-refractivity contribution in [3.8, 4) is 0 Å². The molecule has 0 atom stereocenters. The lowest BCUT2D eigenvalue weighted by Gasteiger charge is -2.33. The summed E-state index contributed by atoms with van der Waals surface area (Å²) in [4.78, 5) is 15.8. The second-order valence-corrected chi connectivity index (χ2v) is 5.40. The zero-order chi connectivity index (χ0) is 17.9. The zero-order valence-corrected chi connectivity index (χ0v) is 13.3. The van der Waals surface area contributed by atoms with Gasteiger partial charge in [0.2, 0.25) is 0 Å². The number of nitrogens with zero attached hydrogens (tertiary/aromatic N) is 2. The lowest BCUT2D eigenvalue weighted by Crippen LogP contribution is -2.56. The van der Waals surface area contributed by atoms with E-state index in [2.05, 4.69) is 4.99 Å². The second-order valence-electron chi connectivity index (χ2n) is 5.04. The van der Waals surface area contributed by atoms with Crippen LogP contribution >= 0.6 is 11.6 Å². The van der Waals surface area contributed by atoms with Crippen LogP contribution in [0.5, 0.6) is 0 Å². The molecule has 2 rings (SSSR count). The maximum atomic E-state index is 13.5. The van der Waals surface area contributed by atoms with Crippen LogP contribution in [-0.4, -0.2) is 35.3 Å². The van der Waals surface area contributed by atoms with Crippen molar-refractivity contribution in [1.29, 1.82) is 0 Å². The molecule has 130 valence electrons. The van der Waals surface area contributed by atoms with Crippen LogP contribution in [0.3, 0.4) is 0 Å². The molecule has 1 aromatic rings. The van der Waals surface area contributed by atoms with Gasteiger partial charge < -0.3 is 16.2 Å². The topological polar surface area (TPSA) is 120 Å². The first kappa shape index (κ1) is 18.1. The predicted octanol–water partition coefficient (Wildman–Crippen LogP) is 0.332. The van der Waals surface area contributed by atoms with E-state index in [0.717, 1.165) is 17.1 Å². The Labute approximate surface area is 141 Å². The molecule has 6 N–H and O–H groups in total. The first-order valence-corrected chi connectivity index (χ1v) is 7.25. The number of ether oxygens (including phenoxy) is 1. The highest BCUT2D eigenvalue weighted by Crippen LogP contribution is 2.15. The average Bonchev–Trinajstić information content (AvgIpc) is 2.50. The van der Waals surface area contributed by atoms with Crippen molar-refractivity contribution in [2.24, 2.45) is 22.3 Å². The standard InChI is InChI=1S/C14H16ClF2N5O2/c15-13(21-4-8-9(16)2-1-3-10(8)17)11(18)12(19)14(23)22(20)7-5-24-6-7/h1-3,7H,4-6,18-20H2/b12-11+,21-13?. The lowest BCUT2D eigenvalue weighted by molar-refractivity contribution is -0.140. The predicted molar refractivity (Wildman–Crippen MR) is 84.4 cm³/mol. The van der Waals surface area contributed by atoms with Crippen LogP contribution < -0.4 is 17.3 Å². The van der Waals surface area contributed by atoms with E-state index in [-0.39, 0.29) is 22.5 Å². The molecule has 0 saturated carbocycles. The van der Waals surface area contributed by atoms with Crippen LogP contribution in [0.15, 0.2) is 34.6 Å². The van der Waals surface area contributed by atoms with Crippen molar-refractivity contribution in [3.05, 3.63) is 46.8 Å². The summed E-state index contributed by atoms with van der Waals surface area (Å²) >= 11 is 5.86. The fraction of sp³-hybridized carbons (Fsp3) is 0.286. The number of hydrazine groups is 1. The lowest BCUT2D eigenvalue weighted by atomic mass is 10.2. The van der Waals surface area contributed by atoms with E-state index in [1.54, 1.807) is 0 Å². The molecule has 24 heavy (non-hydrogen) atoms. The molecule has 0 spiro atoms. The zero-order valence-electron chi connectivity index (χ0n) is 12.5. The summed E-state index contributed by atoms with van der Waals surface area (Å²) < 4.78 is 32.0. The molecule has 7 nitrogen and oxygen atoms in total. The number of hydrogen-bond acceptors (Lipinski definition) is 6. The second kappa shape index (κ2) is 7.56. The van der Waals surface area contributed by atoms with Gasteiger partial charge in [-0.25, -0.2) is 14.6 Å². The first-order valence-electron chi connectivity index (χ1n) is 6.87. The largest absolute Gasteiger partial charge is 0.394 e. The van der Waals surface area contributed by atoms with Crippen LogP contribution in [0.1, 0.15) is 5.56 Å². The van der Waals surface area contributed by atoms with Gasteiger partial charge in [0.05, 0.1) is 31.5 Å². The van der Waals surface area contributed by atoms with Gasteiger partial charge in [-0.05, 0) is 12.1 Å². The minimum Gasteiger partial charge on any atom is -0.394 e. The Kier molecular flexibility index (Phi) is 5.71. The van der Waals surface area contributed by atoms with Gasteiger partial charge in [-0.15, -0.1) is 0 Å². The summed E-state index contributed by atoms with van der Waals surface area (Å²) in [7, 11) is 0. The number of hydrogen-bond donors (Lipinski definition) is 3. The molecule has 1 heterocycles. The molecule has 0 radical (unpaired) electrons. The number of allylic oxidation sites excluding steroid dienone is 1. The SMILES string of the molecule is N/C(C(=O)N(N)C1COC1)=C(/N)C(Cl)=NCc1c(F)cccc1F. The summed E-state index contributed by atoms with van der Waals surface area (Å²) in [5.74, 6) is 3.33. The Morgan fingerprint density at radius 1 is 1.29 bits per heavy atom.